The van der Waals surface area contributed by atoms with Gasteiger partial charge in [-0.3, -0.25) is 4.99 Å². The largest absolute Gasteiger partial charge is 0.455 e. The monoisotopic (exact) mass is 478 g/mol. The van der Waals surface area contributed by atoms with Gasteiger partial charge in [0.2, 0.25) is 5.95 Å². The molecular formula is C26H24ClFN4O2. The molecule has 6 nitrogen and oxygen atoms in total. The summed E-state index contributed by atoms with van der Waals surface area (Å²) < 4.78 is 27.2. The molecule has 3 aromatic rings. The normalized spacial score (nSPS) is 24.2. The molecule has 2 atom stereocenters. The second-order valence-corrected chi connectivity index (χ2v) is 9.57. The molecule has 2 aliphatic heterocycles. The molecule has 0 radical (unpaired) electrons. The Hall–Kier alpha value is -3.03. The molecule has 3 aliphatic rings. The van der Waals surface area contributed by atoms with Gasteiger partial charge in [-0.25, -0.2) is 9.97 Å². The van der Waals surface area contributed by atoms with Crippen LogP contribution in [0.5, 0.6) is 11.5 Å². The summed E-state index contributed by atoms with van der Waals surface area (Å²) in [7, 11) is 0. The molecular weight excluding hydrogens is 455 g/mol. The number of ether oxygens (including phenoxy) is 2. The molecule has 0 bridgehead atoms. The van der Waals surface area contributed by atoms with Gasteiger partial charge in [0.15, 0.2) is 5.75 Å². The van der Waals surface area contributed by atoms with Crippen LogP contribution in [0.25, 0.3) is 11.1 Å². The summed E-state index contributed by atoms with van der Waals surface area (Å²) in [5.74, 6) is 1.45. The van der Waals surface area contributed by atoms with Gasteiger partial charge in [-0.05, 0) is 54.7 Å². The minimum Gasteiger partial charge on any atom is -0.455 e. The maximum atomic E-state index is 14.5. The van der Waals surface area contributed by atoms with Crippen molar-refractivity contribution in [3.63, 3.8) is 0 Å². The van der Waals surface area contributed by atoms with E-state index in [1.165, 1.54) is 25.5 Å². The molecule has 1 aromatic carbocycles. The fourth-order valence-corrected chi connectivity index (χ4v) is 5.66. The molecule has 1 spiro atoms. The molecule has 34 heavy (non-hydrogen) atoms. The zero-order valence-corrected chi connectivity index (χ0v) is 19.3. The fourth-order valence-electron chi connectivity index (χ4n) is 5.50. The molecule has 0 amide bonds. The number of pyridine rings is 2. The van der Waals surface area contributed by atoms with Crippen molar-refractivity contribution >= 4 is 17.4 Å². The molecule has 1 saturated carbocycles. The standard InChI is InChI=1S/C26H24ClFN4O2/c27-22-12-19-21(13-31-22)34-20-9-8-16(17-7-4-10-30-24(17)28)11-18(20)26(19)14-33-23(25(29)32-26)15-5-2-1-3-6-15/h4,7-13,15,23H,1-3,5-6,14H2,(H2,29,32)/t23-,26?/m0/s1. The summed E-state index contributed by atoms with van der Waals surface area (Å²) in [6, 6.07) is 10.7. The van der Waals surface area contributed by atoms with Crippen molar-refractivity contribution in [3.8, 4) is 22.6 Å². The first-order valence-electron chi connectivity index (χ1n) is 11.6. The van der Waals surface area contributed by atoms with Crippen LogP contribution in [0.15, 0.2) is 53.8 Å². The predicted octanol–water partition coefficient (Wildman–Crippen LogP) is 5.62. The highest BCUT2D eigenvalue weighted by atomic mass is 35.5. The van der Waals surface area contributed by atoms with Crippen LogP contribution in [0.3, 0.4) is 0 Å². The van der Waals surface area contributed by atoms with Crippen LogP contribution in [0.2, 0.25) is 5.15 Å². The van der Waals surface area contributed by atoms with Crippen LogP contribution in [-0.4, -0.2) is 28.5 Å². The number of aromatic nitrogens is 2. The van der Waals surface area contributed by atoms with Gasteiger partial charge >= 0.3 is 0 Å². The summed E-state index contributed by atoms with van der Waals surface area (Å²) in [5.41, 5.74) is 8.17. The third-order valence-corrected chi connectivity index (χ3v) is 7.36. The summed E-state index contributed by atoms with van der Waals surface area (Å²) in [6.45, 7) is 0.275. The zero-order valence-electron chi connectivity index (χ0n) is 18.5. The van der Waals surface area contributed by atoms with Crippen molar-refractivity contribution in [2.45, 2.75) is 43.7 Å². The Morgan fingerprint density at radius 1 is 1.03 bits per heavy atom. The zero-order chi connectivity index (χ0) is 23.3. The number of hydrogen-bond donors (Lipinski definition) is 1. The quantitative estimate of drug-likeness (QED) is 0.483. The number of fused-ring (bicyclic) bond motifs is 4. The minimum atomic E-state index is -0.973. The fraction of sp³-hybridized carbons (Fsp3) is 0.346. The smallest absolute Gasteiger partial charge is 0.220 e. The van der Waals surface area contributed by atoms with E-state index in [0.29, 0.717) is 39.5 Å². The number of nitrogens with two attached hydrogens (primary N) is 1. The maximum absolute atomic E-state index is 14.5. The molecule has 174 valence electrons. The van der Waals surface area contributed by atoms with Crippen molar-refractivity contribution < 1.29 is 13.9 Å². The number of hydrogen-bond acceptors (Lipinski definition) is 6. The van der Waals surface area contributed by atoms with Crippen molar-refractivity contribution in [2.24, 2.45) is 16.6 Å². The Morgan fingerprint density at radius 3 is 2.65 bits per heavy atom. The second-order valence-electron chi connectivity index (χ2n) is 9.18. The van der Waals surface area contributed by atoms with Crippen molar-refractivity contribution in [3.05, 3.63) is 71.0 Å². The van der Waals surface area contributed by atoms with Gasteiger partial charge in [-0.15, -0.1) is 0 Å². The highest BCUT2D eigenvalue weighted by Crippen LogP contribution is 2.52. The lowest BCUT2D eigenvalue weighted by molar-refractivity contribution is 0.00780. The topological polar surface area (TPSA) is 82.6 Å². The highest BCUT2D eigenvalue weighted by molar-refractivity contribution is 6.29. The van der Waals surface area contributed by atoms with Crippen LogP contribution in [0.4, 0.5) is 4.39 Å². The van der Waals surface area contributed by atoms with E-state index in [9.17, 15) is 4.39 Å². The third kappa shape index (κ3) is 3.46. The van der Waals surface area contributed by atoms with Gasteiger partial charge in [-0.1, -0.05) is 36.9 Å². The molecule has 1 unspecified atom stereocenters. The molecule has 4 heterocycles. The number of benzene rings is 1. The first-order valence-corrected chi connectivity index (χ1v) is 12.0. The van der Waals surface area contributed by atoms with E-state index in [4.69, 9.17) is 31.8 Å². The Kier molecular flexibility index (Phi) is 5.26. The van der Waals surface area contributed by atoms with Crippen LogP contribution in [0.1, 0.15) is 43.2 Å². The molecule has 1 fully saturated rings. The van der Waals surface area contributed by atoms with E-state index >= 15 is 0 Å². The van der Waals surface area contributed by atoms with E-state index < -0.39 is 11.5 Å². The summed E-state index contributed by atoms with van der Waals surface area (Å²) in [6.07, 6.45) is 8.61. The van der Waals surface area contributed by atoms with E-state index in [-0.39, 0.29) is 12.7 Å². The van der Waals surface area contributed by atoms with E-state index in [0.717, 1.165) is 24.0 Å². The Balaban J connectivity index is 1.52. The van der Waals surface area contributed by atoms with Gasteiger partial charge in [0, 0.05) is 22.9 Å². The van der Waals surface area contributed by atoms with Crippen molar-refractivity contribution in [1.82, 2.24) is 9.97 Å². The lowest BCUT2D eigenvalue weighted by atomic mass is 9.78. The molecule has 2 aromatic heterocycles. The van der Waals surface area contributed by atoms with Crippen LogP contribution < -0.4 is 10.5 Å². The molecule has 0 saturated heterocycles. The van der Waals surface area contributed by atoms with E-state index in [1.54, 1.807) is 24.4 Å². The van der Waals surface area contributed by atoms with Crippen LogP contribution in [0, 0.1) is 11.9 Å². The van der Waals surface area contributed by atoms with Crippen LogP contribution >= 0.6 is 11.6 Å². The number of amidine groups is 1. The van der Waals surface area contributed by atoms with Crippen molar-refractivity contribution in [2.75, 3.05) is 6.61 Å². The number of aliphatic imine (C=N–C) groups is 1. The molecule has 1 aliphatic carbocycles. The number of rotatable bonds is 2. The van der Waals surface area contributed by atoms with Gasteiger partial charge in [0.05, 0.1) is 12.8 Å². The third-order valence-electron chi connectivity index (χ3n) is 7.16. The minimum absolute atomic E-state index is 0.211. The van der Waals surface area contributed by atoms with Gasteiger partial charge in [0.1, 0.15) is 28.4 Å². The van der Waals surface area contributed by atoms with E-state index in [2.05, 4.69) is 9.97 Å². The molecule has 2 N–H and O–H groups in total. The first kappa shape index (κ1) is 21.5. The summed E-state index contributed by atoms with van der Waals surface area (Å²) in [4.78, 5) is 13.1. The van der Waals surface area contributed by atoms with E-state index in [1.807, 2.05) is 18.2 Å². The predicted molar refractivity (Wildman–Crippen MR) is 128 cm³/mol. The van der Waals surface area contributed by atoms with Gasteiger partial charge in [0.25, 0.3) is 0 Å². The maximum Gasteiger partial charge on any atom is 0.220 e. The summed E-state index contributed by atoms with van der Waals surface area (Å²) >= 11 is 6.30. The van der Waals surface area contributed by atoms with Crippen LogP contribution in [-0.2, 0) is 10.3 Å². The lowest BCUT2D eigenvalue weighted by Gasteiger charge is -2.43. The SMILES string of the molecule is NC1=NC2(CO[C@H]1C1CCCCC1)c1cc(-c3cccnc3F)ccc1Oc1cnc(Cl)cc12. The van der Waals surface area contributed by atoms with Crippen molar-refractivity contribution in [1.29, 1.82) is 0 Å². The Bertz CT molecular complexity index is 1290. The summed E-state index contributed by atoms with van der Waals surface area (Å²) in [5, 5.41) is 0.322. The number of halogens is 2. The Labute approximate surface area is 202 Å². The first-order chi connectivity index (χ1) is 16.5. The average Bonchev–Trinajstić information content (AvgIpc) is 2.86. The second kappa shape index (κ2) is 8.32. The highest BCUT2D eigenvalue weighted by Gasteiger charge is 2.48. The lowest BCUT2D eigenvalue weighted by Crippen LogP contribution is -2.49. The van der Waals surface area contributed by atoms with Gasteiger partial charge < -0.3 is 15.2 Å². The van der Waals surface area contributed by atoms with Gasteiger partial charge in [-0.2, -0.15) is 4.39 Å². The number of nitrogens with zero attached hydrogens (tertiary/aromatic N) is 3. The molecule has 6 rings (SSSR count). The molecule has 8 heteroatoms. The average molecular weight is 479 g/mol. The Morgan fingerprint density at radius 2 is 1.85 bits per heavy atom.